The molecule has 0 saturated heterocycles. The van der Waals surface area contributed by atoms with Gasteiger partial charge in [-0.3, -0.25) is 0 Å². The molecule has 26 heavy (non-hydrogen) atoms. The molecule has 0 bridgehead atoms. The van der Waals surface area contributed by atoms with E-state index in [1.807, 2.05) is 31.2 Å². The molecule has 2 aromatic carbocycles. The maximum atomic E-state index is 9.64. The predicted octanol–water partition coefficient (Wildman–Crippen LogP) is 5.77. The van der Waals surface area contributed by atoms with E-state index in [1.54, 1.807) is 18.2 Å². The number of allylic oxidation sites excluding steroid dienone is 1. The first kappa shape index (κ1) is 18.0. The number of nitrogens with one attached hydrogen (secondary N) is 1. The smallest absolute Gasteiger partial charge is 0.149 e. The highest BCUT2D eigenvalue weighted by molar-refractivity contribution is 6.30. The Bertz CT molecular complexity index is 998. The Kier molecular flexibility index (Phi) is 5.60. The van der Waals surface area contributed by atoms with Crippen molar-refractivity contribution in [2.24, 2.45) is 0 Å². The van der Waals surface area contributed by atoms with Crippen molar-refractivity contribution in [2.45, 2.75) is 26.7 Å². The standard InChI is InChI=1S/C21H20ClN3O/c1-3-4-9-26-20-8-6-17(22)12-15(20)11-16(13-23)21-24-18-7-5-14(2)10-19(18)25-21/h5-8,10-12H,3-4,9H2,1-2H3,(H,24,25)/b16-11+. The molecule has 132 valence electrons. The Balaban J connectivity index is 2.00. The number of hydrogen-bond acceptors (Lipinski definition) is 3. The second-order valence-electron chi connectivity index (χ2n) is 6.16. The van der Waals surface area contributed by atoms with Crippen molar-refractivity contribution in [3.8, 4) is 11.8 Å². The molecule has 0 spiro atoms. The van der Waals surface area contributed by atoms with Gasteiger partial charge in [-0.2, -0.15) is 5.26 Å². The second-order valence-corrected chi connectivity index (χ2v) is 6.60. The molecule has 0 aliphatic carbocycles. The van der Waals surface area contributed by atoms with Crippen LogP contribution < -0.4 is 4.74 Å². The van der Waals surface area contributed by atoms with E-state index in [0.717, 1.165) is 35.0 Å². The van der Waals surface area contributed by atoms with Gasteiger partial charge in [-0.15, -0.1) is 0 Å². The lowest BCUT2D eigenvalue weighted by atomic mass is 10.1. The summed E-state index contributed by atoms with van der Waals surface area (Å²) in [7, 11) is 0. The number of nitrogens with zero attached hydrogens (tertiary/aromatic N) is 2. The lowest BCUT2D eigenvalue weighted by Crippen LogP contribution is -1.98. The van der Waals surface area contributed by atoms with Crippen molar-refractivity contribution in [1.29, 1.82) is 5.26 Å². The molecule has 0 aliphatic rings. The van der Waals surface area contributed by atoms with E-state index in [4.69, 9.17) is 16.3 Å². The van der Waals surface area contributed by atoms with E-state index < -0.39 is 0 Å². The van der Waals surface area contributed by atoms with Gasteiger partial charge in [-0.25, -0.2) is 4.98 Å². The van der Waals surface area contributed by atoms with Crippen LogP contribution >= 0.6 is 11.6 Å². The highest BCUT2D eigenvalue weighted by atomic mass is 35.5. The Morgan fingerprint density at radius 1 is 1.31 bits per heavy atom. The van der Waals surface area contributed by atoms with Crippen LogP contribution in [0.5, 0.6) is 5.75 Å². The van der Waals surface area contributed by atoms with E-state index in [0.29, 0.717) is 28.8 Å². The number of imidazole rings is 1. The summed E-state index contributed by atoms with van der Waals surface area (Å²) in [5, 5.41) is 10.2. The molecular weight excluding hydrogens is 346 g/mol. The van der Waals surface area contributed by atoms with E-state index in [2.05, 4.69) is 23.0 Å². The molecule has 1 N–H and O–H groups in total. The Hall–Kier alpha value is -2.77. The summed E-state index contributed by atoms with van der Waals surface area (Å²) in [6, 6.07) is 13.6. The predicted molar refractivity (Wildman–Crippen MR) is 106 cm³/mol. The van der Waals surface area contributed by atoms with E-state index in [-0.39, 0.29) is 0 Å². The quantitative estimate of drug-likeness (QED) is 0.445. The molecule has 5 heteroatoms. The molecular formula is C21H20ClN3O. The summed E-state index contributed by atoms with van der Waals surface area (Å²) < 4.78 is 5.85. The summed E-state index contributed by atoms with van der Waals surface area (Å²) in [6.07, 6.45) is 3.79. The molecule has 0 unspecified atom stereocenters. The van der Waals surface area contributed by atoms with Crippen LogP contribution in [0, 0.1) is 18.3 Å². The number of benzene rings is 2. The van der Waals surface area contributed by atoms with Crippen molar-refractivity contribution in [3.05, 3.63) is 58.4 Å². The highest BCUT2D eigenvalue weighted by Crippen LogP contribution is 2.28. The first-order valence-electron chi connectivity index (χ1n) is 8.61. The summed E-state index contributed by atoms with van der Waals surface area (Å²) in [6.45, 7) is 4.76. The number of aromatic amines is 1. The van der Waals surface area contributed by atoms with Gasteiger partial charge in [0.2, 0.25) is 0 Å². The Labute approximate surface area is 158 Å². The number of rotatable bonds is 6. The van der Waals surface area contributed by atoms with Crippen LogP contribution in [0.1, 0.15) is 36.7 Å². The van der Waals surface area contributed by atoms with E-state index >= 15 is 0 Å². The summed E-state index contributed by atoms with van der Waals surface area (Å²) in [5.74, 6) is 1.25. The van der Waals surface area contributed by atoms with Gasteiger partial charge in [0, 0.05) is 10.6 Å². The minimum atomic E-state index is 0.432. The zero-order valence-corrected chi connectivity index (χ0v) is 15.6. The minimum Gasteiger partial charge on any atom is -0.493 e. The molecule has 0 fully saturated rings. The lowest BCUT2D eigenvalue weighted by molar-refractivity contribution is 0.309. The number of aromatic nitrogens is 2. The fraction of sp³-hybridized carbons (Fsp3) is 0.238. The fourth-order valence-electron chi connectivity index (χ4n) is 2.65. The van der Waals surface area contributed by atoms with E-state index in [1.165, 1.54) is 0 Å². The van der Waals surface area contributed by atoms with Crippen molar-refractivity contribution in [2.75, 3.05) is 6.61 Å². The monoisotopic (exact) mass is 365 g/mol. The highest BCUT2D eigenvalue weighted by Gasteiger charge is 2.10. The third-order valence-electron chi connectivity index (χ3n) is 4.04. The van der Waals surface area contributed by atoms with Gasteiger partial charge in [-0.1, -0.05) is 31.0 Å². The topological polar surface area (TPSA) is 61.7 Å². The Morgan fingerprint density at radius 2 is 2.15 bits per heavy atom. The summed E-state index contributed by atoms with van der Waals surface area (Å²) in [5.41, 5.74) is 4.07. The van der Waals surface area contributed by atoms with Crippen LogP contribution in [-0.4, -0.2) is 16.6 Å². The van der Waals surface area contributed by atoms with Crippen LogP contribution in [0.25, 0.3) is 22.7 Å². The van der Waals surface area contributed by atoms with Crippen LogP contribution in [0.2, 0.25) is 5.02 Å². The van der Waals surface area contributed by atoms with Gasteiger partial charge >= 0.3 is 0 Å². The molecule has 0 atom stereocenters. The van der Waals surface area contributed by atoms with Gasteiger partial charge in [0.1, 0.15) is 17.6 Å². The number of ether oxygens (including phenoxy) is 1. The first-order valence-corrected chi connectivity index (χ1v) is 8.99. The molecule has 3 aromatic rings. The van der Waals surface area contributed by atoms with E-state index in [9.17, 15) is 5.26 Å². The number of H-pyrrole nitrogens is 1. The number of halogens is 1. The third-order valence-corrected chi connectivity index (χ3v) is 4.28. The van der Waals surface area contributed by atoms with Gasteiger partial charge in [0.15, 0.2) is 0 Å². The van der Waals surface area contributed by atoms with Crippen LogP contribution in [0.15, 0.2) is 36.4 Å². The van der Waals surface area contributed by atoms with Crippen molar-refractivity contribution in [3.63, 3.8) is 0 Å². The molecule has 4 nitrogen and oxygen atoms in total. The van der Waals surface area contributed by atoms with Gasteiger partial charge in [-0.05, 0) is 55.3 Å². The number of fused-ring (bicyclic) bond motifs is 1. The molecule has 1 heterocycles. The molecule has 0 aliphatic heterocycles. The van der Waals surface area contributed by atoms with Crippen LogP contribution in [0.3, 0.4) is 0 Å². The number of nitriles is 1. The van der Waals surface area contributed by atoms with Gasteiger partial charge < -0.3 is 9.72 Å². The lowest BCUT2D eigenvalue weighted by Gasteiger charge is -2.09. The first-order chi connectivity index (χ1) is 12.6. The zero-order chi connectivity index (χ0) is 18.5. The zero-order valence-electron chi connectivity index (χ0n) is 14.8. The normalized spacial score (nSPS) is 11.5. The van der Waals surface area contributed by atoms with Gasteiger partial charge in [0.25, 0.3) is 0 Å². The average Bonchev–Trinajstić information content (AvgIpc) is 3.04. The molecule has 0 radical (unpaired) electrons. The minimum absolute atomic E-state index is 0.432. The average molecular weight is 366 g/mol. The number of unbranched alkanes of at least 4 members (excludes halogenated alkanes) is 1. The maximum absolute atomic E-state index is 9.64. The number of aryl methyl sites for hydroxylation is 1. The maximum Gasteiger partial charge on any atom is 0.149 e. The third kappa shape index (κ3) is 4.07. The largest absolute Gasteiger partial charge is 0.493 e. The van der Waals surface area contributed by atoms with Gasteiger partial charge in [0.05, 0.1) is 23.2 Å². The van der Waals surface area contributed by atoms with Crippen LogP contribution in [-0.2, 0) is 0 Å². The number of hydrogen-bond donors (Lipinski definition) is 1. The molecule has 0 saturated carbocycles. The molecule has 1 aromatic heterocycles. The second kappa shape index (κ2) is 8.07. The van der Waals surface area contributed by atoms with Crippen molar-refractivity contribution >= 4 is 34.3 Å². The van der Waals surface area contributed by atoms with Crippen LogP contribution in [0.4, 0.5) is 0 Å². The SMILES string of the molecule is CCCCOc1ccc(Cl)cc1/C=C(\C#N)c1nc2ccc(C)cc2[nH]1. The molecule has 0 amide bonds. The van der Waals surface area contributed by atoms with Crippen molar-refractivity contribution < 1.29 is 4.74 Å². The molecule has 3 rings (SSSR count). The fourth-order valence-corrected chi connectivity index (χ4v) is 2.83. The Morgan fingerprint density at radius 3 is 2.92 bits per heavy atom. The summed E-state index contributed by atoms with van der Waals surface area (Å²) in [4.78, 5) is 7.75. The summed E-state index contributed by atoms with van der Waals surface area (Å²) >= 11 is 6.14. The van der Waals surface area contributed by atoms with Crippen molar-refractivity contribution in [1.82, 2.24) is 9.97 Å².